The number of aromatic nitrogens is 1. The molecule has 1 N–H and O–H groups in total. The molecule has 0 fully saturated rings. The number of carboxylic acids is 1. The number of carbonyl (C=O) groups is 1. The Labute approximate surface area is 149 Å². The third-order valence-corrected chi connectivity index (χ3v) is 6.04. The van der Waals surface area contributed by atoms with E-state index in [9.17, 15) is 9.90 Å². The minimum absolute atomic E-state index is 0.397. The first kappa shape index (κ1) is 18.5. The Bertz CT molecular complexity index is 734. The van der Waals surface area contributed by atoms with Crippen molar-refractivity contribution in [3.8, 4) is 0 Å². The Hall–Kier alpha value is -1.84. The van der Waals surface area contributed by atoms with Crippen LogP contribution in [0.4, 0.5) is 5.82 Å². The van der Waals surface area contributed by atoms with Gasteiger partial charge in [0.25, 0.3) is 0 Å². The summed E-state index contributed by atoms with van der Waals surface area (Å²) in [6.07, 6.45) is 1.86. The number of anilines is 1. The molecule has 1 aromatic heterocycles. The van der Waals surface area contributed by atoms with Gasteiger partial charge in [0.2, 0.25) is 0 Å². The van der Waals surface area contributed by atoms with Crippen molar-refractivity contribution in [2.75, 3.05) is 32.2 Å². The molecule has 6 heteroatoms. The molecule has 0 spiro atoms. The van der Waals surface area contributed by atoms with Crippen molar-refractivity contribution >= 4 is 36.2 Å². The van der Waals surface area contributed by atoms with E-state index in [-0.39, 0.29) is 0 Å². The zero-order valence-corrected chi connectivity index (χ0v) is 16.3. The Kier molecular flexibility index (Phi) is 6.41. The van der Waals surface area contributed by atoms with Gasteiger partial charge in [-0.05, 0) is 0 Å². The number of nitrogens with zero attached hydrogens (tertiary/aromatic N) is 2. The van der Waals surface area contributed by atoms with E-state index in [1.54, 1.807) is 13.2 Å². The summed E-state index contributed by atoms with van der Waals surface area (Å²) in [4.78, 5) is 18.1. The van der Waals surface area contributed by atoms with Crippen LogP contribution in [0.25, 0.3) is 0 Å². The molecule has 1 radical (unpaired) electrons. The molecule has 127 valence electrons. The van der Waals surface area contributed by atoms with Gasteiger partial charge in [0.15, 0.2) is 0 Å². The SMILES string of the molecule is COCCN(C)c1ncc([As]c2ccc(C)cc2C(=O)O)cc1C. The van der Waals surface area contributed by atoms with Crippen molar-refractivity contribution in [2.24, 2.45) is 0 Å². The van der Waals surface area contributed by atoms with Crippen molar-refractivity contribution in [1.29, 1.82) is 0 Å². The minimum atomic E-state index is -0.871. The number of likely N-dealkylation sites (N-methyl/N-ethyl adjacent to an activating group) is 1. The normalized spacial score (nSPS) is 11.2. The van der Waals surface area contributed by atoms with Crippen LogP contribution in [0.15, 0.2) is 30.5 Å². The molecule has 2 aromatic rings. The van der Waals surface area contributed by atoms with Crippen LogP contribution >= 0.6 is 0 Å². The zero-order chi connectivity index (χ0) is 17.7. The summed E-state index contributed by atoms with van der Waals surface area (Å²) < 4.78 is 7.09. The van der Waals surface area contributed by atoms with Crippen molar-refractivity contribution in [3.63, 3.8) is 0 Å². The molecule has 0 atom stereocenters. The second-order valence-electron chi connectivity index (χ2n) is 5.69. The number of hydrogen-bond acceptors (Lipinski definition) is 4. The number of hydrogen-bond donors (Lipinski definition) is 1. The molecule has 1 heterocycles. The predicted octanol–water partition coefficient (Wildman–Crippen LogP) is 1.13. The molecule has 5 nitrogen and oxygen atoms in total. The fourth-order valence-corrected chi connectivity index (χ4v) is 4.67. The van der Waals surface area contributed by atoms with E-state index < -0.39 is 21.7 Å². The van der Waals surface area contributed by atoms with Crippen LogP contribution in [0.3, 0.4) is 0 Å². The van der Waals surface area contributed by atoms with Gasteiger partial charge in [0.1, 0.15) is 0 Å². The van der Waals surface area contributed by atoms with Crippen LogP contribution < -0.4 is 13.6 Å². The number of ether oxygens (including phenoxy) is 1. The van der Waals surface area contributed by atoms with Gasteiger partial charge >= 0.3 is 149 Å². The number of pyridine rings is 1. The summed E-state index contributed by atoms with van der Waals surface area (Å²) in [6.45, 7) is 5.36. The summed E-state index contributed by atoms with van der Waals surface area (Å²) in [6, 6.07) is 7.73. The quantitative estimate of drug-likeness (QED) is 0.720. The van der Waals surface area contributed by atoms with E-state index in [1.165, 1.54) is 0 Å². The first-order valence-corrected chi connectivity index (χ1v) is 9.52. The van der Waals surface area contributed by atoms with Gasteiger partial charge in [-0.2, -0.15) is 0 Å². The molecule has 1 aromatic carbocycles. The first-order valence-electron chi connectivity index (χ1n) is 7.64. The van der Waals surface area contributed by atoms with Gasteiger partial charge in [0, 0.05) is 0 Å². The Balaban J connectivity index is 2.23. The second kappa shape index (κ2) is 8.31. The van der Waals surface area contributed by atoms with E-state index in [0.717, 1.165) is 32.2 Å². The fourth-order valence-electron chi connectivity index (χ4n) is 2.41. The van der Waals surface area contributed by atoms with Crippen molar-refractivity contribution in [1.82, 2.24) is 4.98 Å². The topological polar surface area (TPSA) is 62.7 Å². The monoisotopic (exact) mass is 389 g/mol. The van der Waals surface area contributed by atoms with Gasteiger partial charge in [0.05, 0.1) is 0 Å². The van der Waals surface area contributed by atoms with Crippen LogP contribution in [0, 0.1) is 13.8 Å². The van der Waals surface area contributed by atoms with Crippen LogP contribution in [0.5, 0.6) is 0 Å². The van der Waals surface area contributed by atoms with E-state index in [0.29, 0.717) is 12.2 Å². The molecule has 0 saturated heterocycles. The molecule has 0 saturated carbocycles. The fraction of sp³-hybridized carbons (Fsp3) is 0.333. The zero-order valence-electron chi connectivity index (χ0n) is 14.4. The average Bonchev–Trinajstić information content (AvgIpc) is 2.54. The molecular formula is C18H22AsN2O3. The number of aryl methyl sites for hydroxylation is 2. The maximum atomic E-state index is 11.5. The number of carboxylic acid groups (broad SMARTS) is 1. The molecule has 24 heavy (non-hydrogen) atoms. The summed E-state index contributed by atoms with van der Waals surface area (Å²) >= 11 is -0.418. The summed E-state index contributed by atoms with van der Waals surface area (Å²) in [7, 11) is 3.67. The Morgan fingerprint density at radius 3 is 2.71 bits per heavy atom. The molecular weight excluding hydrogens is 367 g/mol. The Morgan fingerprint density at radius 2 is 2.08 bits per heavy atom. The average molecular weight is 389 g/mol. The molecule has 0 amide bonds. The van der Waals surface area contributed by atoms with E-state index in [2.05, 4.69) is 16.0 Å². The number of rotatable bonds is 7. The van der Waals surface area contributed by atoms with Crippen LogP contribution in [-0.2, 0) is 4.74 Å². The summed E-state index contributed by atoms with van der Waals surface area (Å²) in [5.74, 6) is 0.0592. The summed E-state index contributed by atoms with van der Waals surface area (Å²) in [5.41, 5.74) is 2.45. The van der Waals surface area contributed by atoms with Crippen molar-refractivity contribution < 1.29 is 14.6 Å². The second-order valence-corrected chi connectivity index (χ2v) is 8.25. The van der Waals surface area contributed by atoms with Crippen molar-refractivity contribution in [3.05, 3.63) is 47.2 Å². The third kappa shape index (κ3) is 4.59. The molecule has 0 aliphatic carbocycles. The molecule has 0 aliphatic heterocycles. The van der Waals surface area contributed by atoms with Crippen LogP contribution in [0.1, 0.15) is 21.5 Å². The first-order chi connectivity index (χ1) is 11.4. The molecule has 2 rings (SSSR count). The van der Waals surface area contributed by atoms with Crippen LogP contribution in [-0.4, -0.2) is 59.1 Å². The van der Waals surface area contributed by atoms with Gasteiger partial charge in [-0.25, -0.2) is 0 Å². The van der Waals surface area contributed by atoms with Gasteiger partial charge in [-0.3, -0.25) is 0 Å². The van der Waals surface area contributed by atoms with Crippen molar-refractivity contribution in [2.45, 2.75) is 13.8 Å². The number of methoxy groups -OCH3 is 1. The maximum absolute atomic E-state index is 11.5. The summed E-state index contributed by atoms with van der Waals surface area (Å²) in [5, 5.41) is 9.40. The molecule has 0 aliphatic rings. The van der Waals surface area contributed by atoms with Gasteiger partial charge in [-0.1, -0.05) is 0 Å². The van der Waals surface area contributed by atoms with E-state index in [1.807, 2.05) is 39.2 Å². The number of aromatic carboxylic acids is 1. The molecule has 0 bridgehead atoms. The van der Waals surface area contributed by atoms with E-state index >= 15 is 0 Å². The van der Waals surface area contributed by atoms with Crippen LogP contribution in [0.2, 0.25) is 0 Å². The Morgan fingerprint density at radius 1 is 1.33 bits per heavy atom. The molecule has 0 unspecified atom stereocenters. The standard InChI is InChI=1S/C18H22AsN2O3/c1-12-5-6-16(15(9-12)18(22)23)19-14-10-13(2)17(20-11-14)21(3)7-8-24-4/h5-6,9-11H,7-8H2,1-4H3,(H,22,23). The third-order valence-electron chi connectivity index (χ3n) is 3.66. The van der Waals surface area contributed by atoms with E-state index in [4.69, 9.17) is 4.74 Å². The number of benzene rings is 1. The predicted molar refractivity (Wildman–Crippen MR) is 97.3 cm³/mol. The van der Waals surface area contributed by atoms with Gasteiger partial charge in [-0.15, -0.1) is 0 Å². The van der Waals surface area contributed by atoms with Gasteiger partial charge < -0.3 is 0 Å².